The molecule has 0 spiro atoms. The van der Waals surface area contributed by atoms with Gasteiger partial charge in [-0.25, -0.2) is 13.1 Å². The van der Waals surface area contributed by atoms with Gasteiger partial charge < -0.3 is 10.6 Å². The van der Waals surface area contributed by atoms with Gasteiger partial charge in [-0.1, -0.05) is 6.07 Å². The summed E-state index contributed by atoms with van der Waals surface area (Å²) in [4.78, 5) is 4.35. The Kier molecular flexibility index (Phi) is 5.38. The molecular weight excluding hydrogens is 296 g/mol. The summed E-state index contributed by atoms with van der Waals surface area (Å²) in [6.07, 6.45) is 2.35. The van der Waals surface area contributed by atoms with E-state index in [1.54, 1.807) is 17.5 Å². The molecule has 0 amide bonds. The zero-order valence-electron chi connectivity index (χ0n) is 11.4. The molecule has 0 unspecified atom stereocenters. The Labute approximate surface area is 123 Å². The number of hydrogen-bond acceptors (Lipinski definition) is 4. The van der Waals surface area contributed by atoms with Crippen LogP contribution in [-0.2, 0) is 10.0 Å². The molecule has 1 aromatic heterocycles. The summed E-state index contributed by atoms with van der Waals surface area (Å²) in [5.74, 6) is 0.755. The van der Waals surface area contributed by atoms with Gasteiger partial charge in [0, 0.05) is 19.1 Å². The summed E-state index contributed by atoms with van der Waals surface area (Å²) < 4.78 is 26.6. The predicted molar refractivity (Wildman–Crippen MR) is 81.6 cm³/mol. The van der Waals surface area contributed by atoms with Crippen LogP contribution in [0.25, 0.3) is 0 Å². The van der Waals surface area contributed by atoms with E-state index in [1.807, 2.05) is 6.92 Å². The first-order valence-electron chi connectivity index (χ1n) is 6.70. The van der Waals surface area contributed by atoms with Crippen molar-refractivity contribution in [1.82, 2.24) is 15.4 Å². The summed E-state index contributed by atoms with van der Waals surface area (Å²) in [5.41, 5.74) is 0. The lowest BCUT2D eigenvalue weighted by molar-refractivity contribution is 0.584. The van der Waals surface area contributed by atoms with Crippen LogP contribution in [0.1, 0.15) is 19.8 Å². The molecule has 2 rings (SSSR count). The molecule has 0 aliphatic heterocycles. The van der Waals surface area contributed by atoms with Crippen molar-refractivity contribution < 1.29 is 8.42 Å². The topological polar surface area (TPSA) is 82.6 Å². The van der Waals surface area contributed by atoms with Crippen molar-refractivity contribution >= 4 is 27.3 Å². The molecule has 0 radical (unpaired) electrons. The first kappa shape index (κ1) is 15.3. The van der Waals surface area contributed by atoms with Crippen molar-refractivity contribution in [1.29, 1.82) is 0 Å². The van der Waals surface area contributed by atoms with Crippen molar-refractivity contribution in [3.63, 3.8) is 0 Å². The third-order valence-corrected chi connectivity index (χ3v) is 5.55. The second kappa shape index (κ2) is 7.05. The molecule has 8 heteroatoms. The SMILES string of the molecule is CCNC(=NCCNS(=O)(=O)c1cccs1)NC1CC1. The van der Waals surface area contributed by atoms with Gasteiger partial charge in [-0.05, 0) is 31.2 Å². The van der Waals surface area contributed by atoms with Gasteiger partial charge in [0.25, 0.3) is 0 Å². The molecule has 3 N–H and O–H groups in total. The van der Waals surface area contributed by atoms with Gasteiger partial charge in [0.1, 0.15) is 4.21 Å². The van der Waals surface area contributed by atoms with E-state index >= 15 is 0 Å². The number of thiophene rings is 1. The van der Waals surface area contributed by atoms with Crippen LogP contribution >= 0.6 is 11.3 Å². The summed E-state index contributed by atoms with van der Waals surface area (Å²) >= 11 is 1.21. The van der Waals surface area contributed by atoms with Gasteiger partial charge in [0.05, 0.1) is 6.54 Å². The highest BCUT2D eigenvalue weighted by Gasteiger charge is 2.22. The van der Waals surface area contributed by atoms with Gasteiger partial charge >= 0.3 is 0 Å². The Balaban J connectivity index is 1.79. The van der Waals surface area contributed by atoms with E-state index in [-0.39, 0.29) is 0 Å². The molecule has 1 saturated carbocycles. The molecule has 1 aromatic rings. The van der Waals surface area contributed by atoms with Gasteiger partial charge in [0.15, 0.2) is 5.96 Å². The van der Waals surface area contributed by atoms with Crippen molar-refractivity contribution in [2.24, 2.45) is 4.99 Å². The quantitative estimate of drug-likeness (QED) is 0.394. The Hall–Kier alpha value is -1.12. The first-order valence-corrected chi connectivity index (χ1v) is 9.06. The number of nitrogens with one attached hydrogen (secondary N) is 3. The second-order valence-corrected chi connectivity index (χ2v) is 7.45. The Morgan fingerprint density at radius 2 is 2.30 bits per heavy atom. The van der Waals surface area contributed by atoms with Crippen molar-refractivity contribution in [3.8, 4) is 0 Å². The molecule has 1 heterocycles. The van der Waals surface area contributed by atoms with Crippen LogP contribution in [0.3, 0.4) is 0 Å². The molecule has 0 aromatic carbocycles. The number of hydrogen-bond donors (Lipinski definition) is 3. The number of nitrogens with zero attached hydrogens (tertiary/aromatic N) is 1. The maximum atomic E-state index is 11.9. The second-order valence-electron chi connectivity index (χ2n) is 4.51. The van der Waals surface area contributed by atoms with Crippen LogP contribution in [0, 0.1) is 0 Å². The molecular formula is C12H20N4O2S2. The van der Waals surface area contributed by atoms with E-state index in [2.05, 4.69) is 20.3 Å². The van der Waals surface area contributed by atoms with Crippen LogP contribution in [0.15, 0.2) is 26.7 Å². The third kappa shape index (κ3) is 4.77. The van der Waals surface area contributed by atoms with E-state index in [0.717, 1.165) is 12.5 Å². The van der Waals surface area contributed by atoms with Crippen LogP contribution in [0.4, 0.5) is 0 Å². The molecule has 20 heavy (non-hydrogen) atoms. The zero-order chi connectivity index (χ0) is 14.4. The molecule has 0 saturated heterocycles. The maximum absolute atomic E-state index is 11.9. The van der Waals surface area contributed by atoms with E-state index < -0.39 is 10.0 Å². The summed E-state index contributed by atoms with van der Waals surface area (Å²) in [7, 11) is -3.38. The van der Waals surface area contributed by atoms with Crippen LogP contribution < -0.4 is 15.4 Å². The Morgan fingerprint density at radius 3 is 2.90 bits per heavy atom. The molecule has 1 aliphatic rings. The van der Waals surface area contributed by atoms with Gasteiger partial charge in [-0.15, -0.1) is 11.3 Å². The lowest BCUT2D eigenvalue weighted by Crippen LogP contribution is -2.39. The third-order valence-electron chi connectivity index (χ3n) is 2.70. The number of sulfonamides is 1. The largest absolute Gasteiger partial charge is 0.357 e. The summed E-state index contributed by atoms with van der Waals surface area (Å²) in [6, 6.07) is 3.84. The molecule has 6 nitrogen and oxygen atoms in total. The zero-order valence-corrected chi connectivity index (χ0v) is 13.1. The van der Waals surface area contributed by atoms with Crippen LogP contribution in [0.2, 0.25) is 0 Å². The van der Waals surface area contributed by atoms with Crippen molar-refractivity contribution in [3.05, 3.63) is 17.5 Å². The van der Waals surface area contributed by atoms with Gasteiger partial charge in [-0.3, -0.25) is 4.99 Å². The van der Waals surface area contributed by atoms with E-state index in [4.69, 9.17) is 0 Å². The van der Waals surface area contributed by atoms with E-state index in [0.29, 0.717) is 23.3 Å². The molecule has 112 valence electrons. The highest BCUT2D eigenvalue weighted by Crippen LogP contribution is 2.18. The lowest BCUT2D eigenvalue weighted by Gasteiger charge is -2.10. The number of aliphatic imine (C=N–C) groups is 1. The minimum atomic E-state index is -3.38. The highest BCUT2D eigenvalue weighted by molar-refractivity contribution is 7.91. The normalized spacial score (nSPS) is 16.1. The molecule has 1 aliphatic carbocycles. The average molecular weight is 316 g/mol. The van der Waals surface area contributed by atoms with Crippen LogP contribution in [-0.4, -0.2) is 40.1 Å². The minimum Gasteiger partial charge on any atom is -0.357 e. The number of rotatable bonds is 7. The van der Waals surface area contributed by atoms with Crippen molar-refractivity contribution in [2.45, 2.75) is 30.0 Å². The summed E-state index contributed by atoms with van der Waals surface area (Å²) in [6.45, 7) is 3.50. The molecule has 0 bridgehead atoms. The fraction of sp³-hybridized carbons (Fsp3) is 0.583. The Morgan fingerprint density at radius 1 is 1.50 bits per heavy atom. The summed E-state index contributed by atoms with van der Waals surface area (Å²) in [5, 5.41) is 8.17. The smallest absolute Gasteiger partial charge is 0.250 e. The van der Waals surface area contributed by atoms with Gasteiger partial charge in [-0.2, -0.15) is 0 Å². The fourth-order valence-corrected chi connectivity index (χ4v) is 3.63. The highest BCUT2D eigenvalue weighted by atomic mass is 32.2. The first-order chi connectivity index (χ1) is 9.62. The Bertz CT molecular complexity index is 536. The van der Waals surface area contributed by atoms with Crippen molar-refractivity contribution in [2.75, 3.05) is 19.6 Å². The lowest BCUT2D eigenvalue weighted by atomic mass is 10.6. The van der Waals surface area contributed by atoms with E-state index in [9.17, 15) is 8.42 Å². The van der Waals surface area contributed by atoms with Gasteiger partial charge in [0.2, 0.25) is 10.0 Å². The average Bonchev–Trinajstić information content (AvgIpc) is 3.04. The molecule has 0 atom stereocenters. The maximum Gasteiger partial charge on any atom is 0.250 e. The molecule has 1 fully saturated rings. The van der Waals surface area contributed by atoms with E-state index in [1.165, 1.54) is 24.2 Å². The fourth-order valence-electron chi connectivity index (χ4n) is 1.58. The monoisotopic (exact) mass is 316 g/mol. The standard InChI is InChI=1S/C12H20N4O2S2/c1-2-13-12(16-10-5-6-10)14-7-8-15-20(17,18)11-4-3-9-19-11/h3-4,9-10,15H,2,5-8H2,1H3,(H2,13,14,16). The number of guanidine groups is 1. The minimum absolute atomic E-state index is 0.293. The predicted octanol–water partition coefficient (Wildman–Crippen LogP) is 0.744. The van der Waals surface area contributed by atoms with Crippen LogP contribution in [0.5, 0.6) is 0 Å².